The molecular weight excluding hydrogens is 511 g/mol. The molecule has 0 bridgehead atoms. The predicted octanol–water partition coefficient (Wildman–Crippen LogP) is 5.36. The van der Waals surface area contributed by atoms with Crippen molar-refractivity contribution >= 4 is 17.2 Å². The Hall–Kier alpha value is -4.15. The molecule has 1 aliphatic carbocycles. The second-order valence-corrected chi connectivity index (χ2v) is 9.59. The standard InChI is InChI=1S/C28H28F3N5O3/c1-38-21-8-3-18(4-9-21)16-35(17-19-5-10-22(39-2)11-6-19)26-27-34-33-25(36(27)14-13-32-26)23-15-20(28(29,30)31)7-12-24(23)37/h3-6,8-11,13-14,20,23H,7,12,15-17H2,1-2H3/t20-,23-/m1/s1. The maximum Gasteiger partial charge on any atom is 0.391 e. The van der Waals surface area contributed by atoms with Crippen LogP contribution >= 0.6 is 0 Å². The van der Waals surface area contributed by atoms with E-state index in [1.165, 1.54) is 0 Å². The first-order valence-corrected chi connectivity index (χ1v) is 12.6. The van der Waals surface area contributed by atoms with Gasteiger partial charge in [0.2, 0.25) is 5.65 Å². The molecule has 2 aromatic heterocycles. The minimum Gasteiger partial charge on any atom is -0.497 e. The van der Waals surface area contributed by atoms with Crippen molar-refractivity contribution in [1.29, 1.82) is 0 Å². The number of carbonyl (C=O) groups is 1. The summed E-state index contributed by atoms with van der Waals surface area (Å²) in [7, 11) is 3.21. The average molecular weight is 540 g/mol. The fourth-order valence-electron chi connectivity index (χ4n) is 4.97. The van der Waals surface area contributed by atoms with Crippen LogP contribution in [0.3, 0.4) is 0 Å². The summed E-state index contributed by atoms with van der Waals surface area (Å²) < 4.78 is 52.6. The third-order valence-corrected chi connectivity index (χ3v) is 7.12. The molecular formula is C28H28F3N5O3. The van der Waals surface area contributed by atoms with Crippen LogP contribution in [-0.4, -0.2) is 45.8 Å². The molecule has 1 aliphatic rings. The van der Waals surface area contributed by atoms with E-state index < -0.39 is 18.0 Å². The number of ketones is 1. The van der Waals surface area contributed by atoms with Gasteiger partial charge in [0.25, 0.3) is 0 Å². The van der Waals surface area contributed by atoms with Gasteiger partial charge in [-0.05, 0) is 48.2 Å². The fourth-order valence-corrected chi connectivity index (χ4v) is 4.97. The summed E-state index contributed by atoms with van der Waals surface area (Å²) in [5, 5.41) is 8.52. The van der Waals surface area contributed by atoms with Crippen molar-refractivity contribution in [2.45, 2.75) is 44.4 Å². The number of hydrogen-bond donors (Lipinski definition) is 0. The molecule has 0 aliphatic heterocycles. The summed E-state index contributed by atoms with van der Waals surface area (Å²) in [6.45, 7) is 0.923. The van der Waals surface area contributed by atoms with Gasteiger partial charge >= 0.3 is 6.18 Å². The first kappa shape index (κ1) is 26.5. The van der Waals surface area contributed by atoms with Gasteiger partial charge in [0.15, 0.2) is 5.82 Å². The topological polar surface area (TPSA) is 81.9 Å². The monoisotopic (exact) mass is 539 g/mol. The lowest BCUT2D eigenvalue weighted by Gasteiger charge is -2.28. The molecule has 0 radical (unpaired) electrons. The Morgan fingerprint density at radius 2 is 1.54 bits per heavy atom. The van der Waals surface area contributed by atoms with E-state index in [0.29, 0.717) is 24.6 Å². The van der Waals surface area contributed by atoms with Crippen molar-refractivity contribution in [1.82, 2.24) is 19.6 Å². The van der Waals surface area contributed by atoms with Crippen LogP contribution in [0.2, 0.25) is 0 Å². The Morgan fingerprint density at radius 1 is 0.949 bits per heavy atom. The predicted molar refractivity (Wildman–Crippen MR) is 138 cm³/mol. The first-order chi connectivity index (χ1) is 18.8. The average Bonchev–Trinajstić information content (AvgIpc) is 3.37. The summed E-state index contributed by atoms with van der Waals surface area (Å²) in [6.07, 6.45) is -1.87. The van der Waals surface area contributed by atoms with Crippen LogP contribution in [0, 0.1) is 5.92 Å². The van der Waals surface area contributed by atoms with E-state index >= 15 is 0 Å². The molecule has 0 unspecified atom stereocenters. The number of Topliss-reactive ketones (excluding diaryl/α,β-unsaturated/α-hetero) is 1. The number of fused-ring (bicyclic) bond motifs is 1. The largest absolute Gasteiger partial charge is 0.497 e. The molecule has 0 saturated heterocycles. The van der Waals surface area contributed by atoms with Crippen LogP contribution in [0.1, 0.15) is 42.1 Å². The zero-order valence-corrected chi connectivity index (χ0v) is 21.6. The quantitative estimate of drug-likeness (QED) is 0.298. The van der Waals surface area contributed by atoms with Crippen LogP contribution < -0.4 is 14.4 Å². The summed E-state index contributed by atoms with van der Waals surface area (Å²) in [4.78, 5) is 19.3. The second-order valence-electron chi connectivity index (χ2n) is 9.59. The summed E-state index contributed by atoms with van der Waals surface area (Å²) in [6, 6.07) is 15.3. The zero-order chi connectivity index (χ0) is 27.6. The molecule has 5 rings (SSSR count). The van der Waals surface area contributed by atoms with Gasteiger partial charge in [0, 0.05) is 31.9 Å². The lowest BCUT2D eigenvalue weighted by molar-refractivity contribution is -0.183. The fraction of sp³-hybridized carbons (Fsp3) is 0.357. The van der Waals surface area contributed by atoms with Crippen LogP contribution in [-0.2, 0) is 17.9 Å². The van der Waals surface area contributed by atoms with Gasteiger partial charge in [-0.3, -0.25) is 9.20 Å². The molecule has 2 heterocycles. The van der Waals surface area contributed by atoms with E-state index in [4.69, 9.17) is 9.47 Å². The van der Waals surface area contributed by atoms with E-state index in [0.717, 1.165) is 22.6 Å². The van der Waals surface area contributed by atoms with Crippen LogP contribution in [0.5, 0.6) is 11.5 Å². The molecule has 8 nitrogen and oxygen atoms in total. The molecule has 0 amide bonds. The number of hydrogen-bond acceptors (Lipinski definition) is 7. The van der Waals surface area contributed by atoms with Crippen LogP contribution in [0.15, 0.2) is 60.9 Å². The summed E-state index contributed by atoms with van der Waals surface area (Å²) in [5.74, 6) is -0.603. The smallest absolute Gasteiger partial charge is 0.391 e. The number of alkyl halides is 3. The number of anilines is 1. The van der Waals surface area contributed by atoms with Crippen LogP contribution in [0.4, 0.5) is 19.0 Å². The highest BCUT2D eigenvalue weighted by Gasteiger charge is 2.46. The van der Waals surface area contributed by atoms with Crippen molar-refractivity contribution < 1.29 is 27.4 Å². The molecule has 204 valence electrons. The first-order valence-electron chi connectivity index (χ1n) is 12.6. The number of aromatic nitrogens is 4. The number of halogens is 3. The van der Waals surface area contributed by atoms with Gasteiger partial charge < -0.3 is 14.4 Å². The van der Waals surface area contributed by atoms with Crippen LogP contribution in [0.25, 0.3) is 5.65 Å². The Labute approximate surface area is 223 Å². The maximum atomic E-state index is 13.5. The number of nitrogens with zero attached hydrogens (tertiary/aromatic N) is 5. The van der Waals surface area contributed by atoms with E-state index in [2.05, 4.69) is 15.2 Å². The lowest BCUT2D eigenvalue weighted by Crippen LogP contribution is -2.33. The van der Waals surface area contributed by atoms with E-state index in [9.17, 15) is 18.0 Å². The van der Waals surface area contributed by atoms with Crippen molar-refractivity contribution in [2.75, 3.05) is 19.1 Å². The number of benzene rings is 2. The van der Waals surface area contributed by atoms with Gasteiger partial charge in [0.05, 0.1) is 26.1 Å². The minimum atomic E-state index is -4.36. The van der Waals surface area contributed by atoms with Crippen molar-refractivity contribution in [2.24, 2.45) is 5.92 Å². The molecule has 11 heteroatoms. The van der Waals surface area contributed by atoms with E-state index in [1.807, 2.05) is 53.4 Å². The summed E-state index contributed by atoms with van der Waals surface area (Å²) in [5.41, 5.74) is 2.35. The molecule has 0 spiro atoms. The molecule has 2 atom stereocenters. The minimum absolute atomic E-state index is 0.136. The van der Waals surface area contributed by atoms with Gasteiger partial charge in [-0.15, -0.1) is 10.2 Å². The van der Waals surface area contributed by atoms with Crippen molar-refractivity contribution in [3.05, 3.63) is 77.9 Å². The number of rotatable bonds is 8. The highest BCUT2D eigenvalue weighted by atomic mass is 19.4. The molecule has 1 fully saturated rings. The third kappa shape index (κ3) is 5.67. The van der Waals surface area contributed by atoms with Gasteiger partial charge in [-0.25, -0.2) is 4.98 Å². The third-order valence-electron chi connectivity index (χ3n) is 7.12. The maximum absolute atomic E-state index is 13.5. The van der Waals surface area contributed by atoms with Crippen molar-refractivity contribution in [3.63, 3.8) is 0 Å². The van der Waals surface area contributed by atoms with E-state index in [-0.39, 0.29) is 30.9 Å². The Balaban J connectivity index is 1.52. The second kappa shape index (κ2) is 10.9. The highest BCUT2D eigenvalue weighted by molar-refractivity contribution is 5.86. The molecule has 2 aromatic carbocycles. The Bertz CT molecular complexity index is 1390. The number of methoxy groups -OCH3 is 2. The van der Waals surface area contributed by atoms with Gasteiger partial charge in [0.1, 0.15) is 23.1 Å². The molecule has 39 heavy (non-hydrogen) atoms. The highest BCUT2D eigenvalue weighted by Crippen LogP contribution is 2.42. The Morgan fingerprint density at radius 3 is 2.08 bits per heavy atom. The summed E-state index contributed by atoms with van der Waals surface area (Å²) >= 11 is 0. The van der Waals surface area contributed by atoms with E-state index in [1.54, 1.807) is 31.0 Å². The number of carbonyl (C=O) groups excluding carboxylic acids is 1. The van der Waals surface area contributed by atoms with Crippen molar-refractivity contribution in [3.8, 4) is 11.5 Å². The normalized spacial score (nSPS) is 17.8. The Kier molecular flexibility index (Phi) is 7.40. The molecule has 4 aromatic rings. The zero-order valence-electron chi connectivity index (χ0n) is 21.6. The van der Waals surface area contributed by atoms with Gasteiger partial charge in [-0.1, -0.05) is 24.3 Å². The molecule has 1 saturated carbocycles. The lowest BCUT2D eigenvalue weighted by atomic mass is 9.79. The number of ether oxygens (including phenoxy) is 2. The SMILES string of the molecule is COc1ccc(CN(Cc2ccc(OC)cc2)c2nccn3c([C@@H]4C[C@H](C(F)(F)F)CCC4=O)nnc23)cc1. The molecule has 0 N–H and O–H groups in total. The van der Waals surface area contributed by atoms with Gasteiger partial charge in [-0.2, -0.15) is 13.2 Å².